The quantitative estimate of drug-likeness (QED) is 0.379. The monoisotopic (exact) mass is 478 g/mol. The van der Waals surface area contributed by atoms with Crippen LogP contribution < -0.4 is 0 Å². The van der Waals surface area contributed by atoms with Crippen molar-refractivity contribution in [1.29, 1.82) is 0 Å². The van der Waals surface area contributed by atoms with Gasteiger partial charge in [0.25, 0.3) is 5.91 Å². The van der Waals surface area contributed by atoms with Crippen LogP contribution in [0.1, 0.15) is 67.3 Å². The highest BCUT2D eigenvalue weighted by atomic mass is 35.5. The summed E-state index contributed by atoms with van der Waals surface area (Å²) in [6.45, 7) is 1.46. The number of allylic oxidation sites excluding steroid dienone is 1. The number of hydrogen-bond acceptors (Lipinski definition) is 7. The molecule has 1 aromatic carbocycles. The van der Waals surface area contributed by atoms with Crippen molar-refractivity contribution in [1.82, 2.24) is 4.90 Å². The molecule has 0 bridgehead atoms. The lowest BCUT2D eigenvalue weighted by Crippen LogP contribution is -2.37. The molecule has 8 nitrogen and oxygen atoms in total. The number of nitrogens with zero attached hydrogens (tertiary/aromatic N) is 2. The number of cyclic esters (lactones) is 1. The summed E-state index contributed by atoms with van der Waals surface area (Å²) in [5, 5.41) is 24.6. The second-order valence-corrected chi connectivity index (χ2v) is 8.65. The molecule has 0 aromatic heterocycles. The lowest BCUT2D eigenvalue weighted by atomic mass is 9.97. The average molecular weight is 479 g/mol. The number of hydrogen-bond donors (Lipinski definition) is 2. The van der Waals surface area contributed by atoms with Crippen LogP contribution in [0.5, 0.6) is 11.5 Å². The minimum Gasteiger partial charge on any atom is -0.507 e. The van der Waals surface area contributed by atoms with Crippen LogP contribution in [0.4, 0.5) is 0 Å². The minimum atomic E-state index is -0.726. The van der Waals surface area contributed by atoms with Gasteiger partial charge in [-0.05, 0) is 56.9 Å². The summed E-state index contributed by atoms with van der Waals surface area (Å²) in [6.07, 6.45) is 10.9. The highest BCUT2D eigenvalue weighted by Crippen LogP contribution is 2.37. The third-order valence-electron chi connectivity index (χ3n) is 5.77. The number of phenols is 2. The van der Waals surface area contributed by atoms with E-state index in [0.29, 0.717) is 18.6 Å². The SMILES string of the molecule is O=C1OCC/C=C/CCCCC(=NOCC(=O)N2CCCCC2)Cc2c(Cl)c(O)cc(O)c21. The molecule has 180 valence electrons. The van der Waals surface area contributed by atoms with Gasteiger partial charge in [-0.25, -0.2) is 4.79 Å². The van der Waals surface area contributed by atoms with Crippen molar-refractivity contribution in [3.05, 3.63) is 34.4 Å². The Labute approximate surface area is 198 Å². The molecular weight excluding hydrogens is 448 g/mol. The van der Waals surface area contributed by atoms with Gasteiger partial charge in [-0.2, -0.15) is 0 Å². The summed E-state index contributed by atoms with van der Waals surface area (Å²) in [4.78, 5) is 32.2. The number of carbonyl (C=O) groups excluding carboxylic acids is 2. The van der Waals surface area contributed by atoms with E-state index in [1.165, 1.54) is 0 Å². The van der Waals surface area contributed by atoms with Crippen molar-refractivity contribution in [3.8, 4) is 11.5 Å². The number of ether oxygens (including phenoxy) is 1. The number of likely N-dealkylation sites (tertiary alicyclic amines) is 1. The van der Waals surface area contributed by atoms with Gasteiger partial charge >= 0.3 is 5.97 Å². The Hall–Kier alpha value is -2.74. The first kappa shape index (κ1) is 24.9. The zero-order chi connectivity index (χ0) is 23.6. The summed E-state index contributed by atoms with van der Waals surface area (Å²) in [6, 6.07) is 1.02. The maximum absolute atomic E-state index is 12.7. The smallest absolute Gasteiger partial charge is 0.342 e. The number of phenolic OH excluding ortho intramolecular Hbond substituents is 2. The van der Waals surface area contributed by atoms with E-state index in [1.54, 1.807) is 4.90 Å². The fourth-order valence-corrected chi connectivity index (χ4v) is 4.20. The zero-order valence-corrected chi connectivity index (χ0v) is 19.5. The summed E-state index contributed by atoms with van der Waals surface area (Å²) in [5.74, 6) is -1.59. The Morgan fingerprint density at radius 3 is 2.64 bits per heavy atom. The van der Waals surface area contributed by atoms with Gasteiger partial charge in [0.1, 0.15) is 17.1 Å². The van der Waals surface area contributed by atoms with Crippen molar-refractivity contribution in [2.75, 3.05) is 26.3 Å². The van der Waals surface area contributed by atoms with E-state index in [1.807, 2.05) is 12.2 Å². The summed E-state index contributed by atoms with van der Waals surface area (Å²) >= 11 is 6.31. The molecule has 0 aliphatic carbocycles. The van der Waals surface area contributed by atoms with E-state index >= 15 is 0 Å². The van der Waals surface area contributed by atoms with Gasteiger partial charge in [0.05, 0.1) is 17.3 Å². The highest BCUT2D eigenvalue weighted by molar-refractivity contribution is 6.33. The Balaban J connectivity index is 1.82. The van der Waals surface area contributed by atoms with E-state index in [-0.39, 0.29) is 47.4 Å². The minimum absolute atomic E-state index is 0.0520. The number of esters is 1. The number of fused-ring (bicyclic) bond motifs is 1. The Morgan fingerprint density at radius 2 is 1.85 bits per heavy atom. The van der Waals surface area contributed by atoms with Gasteiger partial charge in [-0.1, -0.05) is 28.9 Å². The van der Waals surface area contributed by atoms with Gasteiger partial charge in [0.15, 0.2) is 6.61 Å². The van der Waals surface area contributed by atoms with E-state index in [2.05, 4.69) is 5.16 Å². The third-order valence-corrected chi connectivity index (χ3v) is 6.19. The van der Waals surface area contributed by atoms with Gasteiger partial charge in [0, 0.05) is 25.6 Å². The first-order chi connectivity index (χ1) is 16.0. The van der Waals surface area contributed by atoms with Crippen molar-refractivity contribution in [2.45, 2.75) is 57.8 Å². The molecule has 9 heteroatoms. The van der Waals surface area contributed by atoms with Crippen LogP contribution in [0, 0.1) is 0 Å². The molecule has 1 aromatic rings. The molecule has 2 N–H and O–H groups in total. The van der Waals surface area contributed by atoms with Crippen LogP contribution in [-0.4, -0.2) is 59.0 Å². The number of halogens is 1. The Kier molecular flexibility index (Phi) is 9.42. The van der Waals surface area contributed by atoms with Crippen LogP contribution in [0.3, 0.4) is 0 Å². The topological polar surface area (TPSA) is 109 Å². The second-order valence-electron chi connectivity index (χ2n) is 8.27. The van der Waals surface area contributed by atoms with Crippen molar-refractivity contribution >= 4 is 29.2 Å². The standard InChI is InChI=1S/C24H31ClN2O6/c25-23-18-14-17(26-33-16-21(30)27-11-7-5-8-12-27)10-6-3-1-2-4-9-13-32-24(31)22(18)19(28)15-20(23)29/h2,4,15,28-29H,1,3,5-14,16H2/b4-2+,26-17?. The molecule has 1 fully saturated rings. The molecule has 33 heavy (non-hydrogen) atoms. The lowest BCUT2D eigenvalue weighted by molar-refractivity contribution is -0.137. The fraction of sp³-hybridized carbons (Fsp3) is 0.542. The third kappa shape index (κ3) is 7.12. The van der Waals surface area contributed by atoms with Crippen molar-refractivity contribution in [3.63, 3.8) is 0 Å². The summed E-state index contributed by atoms with van der Waals surface area (Å²) in [5.41, 5.74) is 0.677. The molecule has 0 atom stereocenters. The molecule has 2 aliphatic heterocycles. The first-order valence-corrected chi connectivity index (χ1v) is 11.9. The summed E-state index contributed by atoms with van der Waals surface area (Å²) in [7, 11) is 0. The molecule has 2 heterocycles. The maximum atomic E-state index is 12.7. The molecule has 1 saturated heterocycles. The van der Waals surface area contributed by atoms with Crippen molar-refractivity contribution < 1.29 is 29.4 Å². The van der Waals surface area contributed by atoms with Crippen LogP contribution >= 0.6 is 11.6 Å². The van der Waals surface area contributed by atoms with Gasteiger partial charge in [-0.15, -0.1) is 0 Å². The number of oxime groups is 1. The van der Waals surface area contributed by atoms with Crippen LogP contribution in [0.25, 0.3) is 0 Å². The van der Waals surface area contributed by atoms with Crippen LogP contribution in [-0.2, 0) is 20.8 Å². The van der Waals surface area contributed by atoms with E-state index in [0.717, 1.165) is 57.7 Å². The lowest BCUT2D eigenvalue weighted by Gasteiger charge is -2.26. The zero-order valence-electron chi connectivity index (χ0n) is 18.7. The Morgan fingerprint density at radius 1 is 1.09 bits per heavy atom. The second kappa shape index (κ2) is 12.5. The fourth-order valence-electron chi connectivity index (χ4n) is 3.98. The first-order valence-electron chi connectivity index (χ1n) is 11.5. The number of rotatable bonds is 3. The van der Waals surface area contributed by atoms with E-state index in [9.17, 15) is 19.8 Å². The van der Waals surface area contributed by atoms with Gasteiger partial charge in [-0.3, -0.25) is 4.79 Å². The van der Waals surface area contributed by atoms with Crippen LogP contribution in [0.15, 0.2) is 23.4 Å². The number of aromatic hydroxyl groups is 2. The summed E-state index contributed by atoms with van der Waals surface area (Å²) < 4.78 is 5.29. The molecule has 0 spiro atoms. The number of carbonyl (C=O) groups is 2. The molecule has 0 radical (unpaired) electrons. The number of amides is 1. The normalized spacial score (nSPS) is 20.5. The largest absolute Gasteiger partial charge is 0.507 e. The Bertz CT molecular complexity index is 909. The number of piperidine rings is 1. The molecule has 0 unspecified atom stereocenters. The van der Waals surface area contributed by atoms with E-state index in [4.69, 9.17) is 21.2 Å². The predicted molar refractivity (Wildman–Crippen MR) is 125 cm³/mol. The molecule has 0 saturated carbocycles. The predicted octanol–water partition coefficient (Wildman–Crippen LogP) is 4.36. The molecule has 3 rings (SSSR count). The average Bonchev–Trinajstić information content (AvgIpc) is 2.80. The number of benzene rings is 1. The molecular formula is C24H31ClN2O6. The molecule has 1 amide bonds. The van der Waals surface area contributed by atoms with Gasteiger partial charge < -0.3 is 24.7 Å². The van der Waals surface area contributed by atoms with E-state index < -0.39 is 11.7 Å². The highest BCUT2D eigenvalue weighted by Gasteiger charge is 2.25. The van der Waals surface area contributed by atoms with Gasteiger partial charge in [0.2, 0.25) is 0 Å². The maximum Gasteiger partial charge on any atom is 0.342 e. The van der Waals surface area contributed by atoms with Crippen molar-refractivity contribution in [2.24, 2.45) is 5.16 Å². The molecule has 2 aliphatic rings. The van der Waals surface area contributed by atoms with Crippen LogP contribution in [0.2, 0.25) is 5.02 Å².